The lowest BCUT2D eigenvalue weighted by atomic mass is 9.94. The van der Waals surface area contributed by atoms with E-state index in [9.17, 15) is 5.41 Å². The Bertz CT molecular complexity index is 3310. The van der Waals surface area contributed by atoms with E-state index in [1.54, 1.807) is 11.3 Å². The first kappa shape index (κ1) is 37.8. The van der Waals surface area contributed by atoms with Crippen LogP contribution in [-0.2, 0) is 0 Å². The van der Waals surface area contributed by atoms with Gasteiger partial charge in [-0.05, 0) is 61.8 Å². The molecule has 1 N–H and O–H groups in total. The van der Waals surface area contributed by atoms with Crippen LogP contribution in [0.1, 0.15) is 11.1 Å². The van der Waals surface area contributed by atoms with E-state index in [4.69, 9.17) is 15.0 Å². The van der Waals surface area contributed by atoms with Gasteiger partial charge in [-0.3, -0.25) is 5.41 Å². The summed E-state index contributed by atoms with van der Waals surface area (Å²) in [6, 6.07) is 77.8. The highest BCUT2D eigenvalue weighted by atomic mass is 32.1. The minimum atomic E-state index is 0.517. The zero-order valence-electron chi connectivity index (χ0n) is 34.1. The highest BCUT2D eigenvalue weighted by Crippen LogP contribution is 2.41. The Morgan fingerprint density at radius 2 is 0.714 bits per heavy atom. The third kappa shape index (κ3) is 7.52. The van der Waals surface area contributed by atoms with Crippen molar-refractivity contribution in [1.29, 1.82) is 5.41 Å². The Labute approximate surface area is 370 Å². The summed E-state index contributed by atoms with van der Waals surface area (Å²) in [5, 5.41) is 13.1. The normalized spacial score (nSPS) is 11.2. The Kier molecular flexibility index (Phi) is 9.85. The van der Waals surface area contributed by atoms with E-state index >= 15 is 0 Å². The molecule has 11 rings (SSSR count). The molecule has 0 unspecified atom stereocenters. The maximum Gasteiger partial charge on any atom is 0.164 e. The van der Waals surface area contributed by atoms with E-state index in [-0.39, 0.29) is 0 Å². The summed E-state index contributed by atoms with van der Waals surface area (Å²) in [6.07, 6.45) is 0. The Morgan fingerprint density at radius 1 is 0.333 bits per heavy atom. The Morgan fingerprint density at radius 3 is 1.22 bits per heavy atom. The van der Waals surface area contributed by atoms with Crippen molar-refractivity contribution in [2.24, 2.45) is 0 Å². The van der Waals surface area contributed by atoms with E-state index < -0.39 is 0 Å². The number of aromatic nitrogens is 3. The van der Waals surface area contributed by atoms with Crippen molar-refractivity contribution in [1.82, 2.24) is 15.0 Å². The minimum Gasteiger partial charge on any atom is -0.300 e. The molecule has 4 nitrogen and oxygen atoms in total. The van der Waals surface area contributed by atoms with Crippen LogP contribution in [0, 0.1) is 5.41 Å². The molecule has 0 fully saturated rings. The van der Waals surface area contributed by atoms with Crippen LogP contribution in [-0.4, -0.2) is 20.7 Å². The average Bonchev–Trinajstić information content (AvgIpc) is 3.76. The molecule has 9 aromatic carbocycles. The lowest BCUT2D eigenvalue weighted by molar-refractivity contribution is 1.07. The maximum absolute atomic E-state index is 9.57. The molecule has 0 amide bonds. The van der Waals surface area contributed by atoms with Gasteiger partial charge in [-0.15, -0.1) is 11.3 Å². The number of rotatable bonds is 9. The van der Waals surface area contributed by atoms with Crippen LogP contribution < -0.4 is 0 Å². The summed E-state index contributed by atoms with van der Waals surface area (Å²) in [7, 11) is 0. The average molecular weight is 823 g/mol. The summed E-state index contributed by atoms with van der Waals surface area (Å²) in [5.41, 5.74) is 13.0. The van der Waals surface area contributed by atoms with Gasteiger partial charge in [-0.2, -0.15) is 0 Å². The van der Waals surface area contributed by atoms with Crippen molar-refractivity contribution in [2.75, 3.05) is 0 Å². The fourth-order valence-corrected chi connectivity index (χ4v) is 9.47. The lowest BCUT2D eigenvalue weighted by Gasteiger charge is -2.11. The van der Waals surface area contributed by atoms with E-state index in [2.05, 4.69) is 212 Å². The number of hydrogen-bond donors (Lipinski definition) is 1. The van der Waals surface area contributed by atoms with Crippen LogP contribution in [0.2, 0.25) is 0 Å². The van der Waals surface area contributed by atoms with Gasteiger partial charge >= 0.3 is 0 Å². The molecule has 5 heteroatoms. The summed E-state index contributed by atoms with van der Waals surface area (Å²) in [5.74, 6) is 1.84. The second-order valence-corrected chi connectivity index (χ2v) is 16.6. The Hall–Kier alpha value is -8.12. The predicted molar refractivity (Wildman–Crippen MR) is 263 cm³/mol. The van der Waals surface area contributed by atoms with Gasteiger partial charge < -0.3 is 0 Å². The molecule has 0 radical (unpaired) electrons. The van der Waals surface area contributed by atoms with Crippen LogP contribution in [0.25, 0.3) is 98.8 Å². The summed E-state index contributed by atoms with van der Waals surface area (Å²) >= 11 is 1.75. The zero-order valence-corrected chi connectivity index (χ0v) is 34.9. The molecular weight excluding hydrogens is 785 g/mol. The summed E-state index contributed by atoms with van der Waals surface area (Å²) in [6.45, 7) is 0. The predicted octanol–water partition coefficient (Wildman–Crippen LogP) is 15.3. The number of nitrogens with one attached hydrogen (secondary N) is 1. The number of hydrogen-bond acceptors (Lipinski definition) is 5. The fraction of sp³-hybridized carbons (Fsp3) is 0. The molecule has 11 aromatic rings. The van der Waals surface area contributed by atoms with Crippen molar-refractivity contribution < 1.29 is 0 Å². The molecule has 0 aliphatic heterocycles. The zero-order chi connectivity index (χ0) is 42.1. The van der Waals surface area contributed by atoms with Crippen molar-refractivity contribution in [3.05, 3.63) is 236 Å². The van der Waals surface area contributed by atoms with Gasteiger partial charge in [-0.1, -0.05) is 212 Å². The smallest absolute Gasteiger partial charge is 0.164 e. The first-order valence-corrected chi connectivity index (χ1v) is 21.8. The van der Waals surface area contributed by atoms with Gasteiger partial charge in [0.25, 0.3) is 0 Å². The van der Waals surface area contributed by atoms with Crippen molar-refractivity contribution in [2.45, 2.75) is 0 Å². The molecule has 63 heavy (non-hydrogen) atoms. The molecule has 0 atom stereocenters. The molecule has 2 heterocycles. The maximum atomic E-state index is 9.57. The number of fused-ring (bicyclic) bond motifs is 2. The number of nitrogens with zero attached hydrogens (tertiary/aromatic N) is 3. The van der Waals surface area contributed by atoms with Crippen molar-refractivity contribution in [3.63, 3.8) is 0 Å². The number of benzene rings is 9. The number of thiophene rings is 1. The van der Waals surface area contributed by atoms with E-state index in [1.165, 1.54) is 15.5 Å². The van der Waals surface area contributed by atoms with Crippen LogP contribution >= 0.6 is 11.3 Å². The Balaban J connectivity index is 0.904. The van der Waals surface area contributed by atoms with E-state index in [0.717, 1.165) is 77.0 Å². The molecule has 0 spiro atoms. The minimum absolute atomic E-state index is 0.517. The highest BCUT2D eigenvalue weighted by Gasteiger charge is 2.20. The topological polar surface area (TPSA) is 62.5 Å². The summed E-state index contributed by atoms with van der Waals surface area (Å²) < 4.78 is 1.18. The van der Waals surface area contributed by atoms with Gasteiger partial charge in [0.05, 0.1) is 5.71 Å². The monoisotopic (exact) mass is 822 g/mol. The van der Waals surface area contributed by atoms with E-state index in [1.807, 2.05) is 12.1 Å². The molecule has 0 saturated carbocycles. The van der Waals surface area contributed by atoms with Gasteiger partial charge in [0, 0.05) is 42.8 Å². The second kappa shape index (κ2) is 16.4. The van der Waals surface area contributed by atoms with E-state index in [0.29, 0.717) is 23.2 Å². The molecular formula is C58H38N4S. The van der Waals surface area contributed by atoms with Crippen molar-refractivity contribution >= 4 is 37.9 Å². The molecule has 2 aromatic heterocycles. The van der Waals surface area contributed by atoms with Crippen LogP contribution in [0.4, 0.5) is 0 Å². The van der Waals surface area contributed by atoms with Gasteiger partial charge in [0.1, 0.15) is 0 Å². The van der Waals surface area contributed by atoms with Gasteiger partial charge in [-0.25, -0.2) is 15.0 Å². The largest absolute Gasteiger partial charge is 0.300 e. The quantitative estimate of drug-likeness (QED) is 0.148. The standard InChI is InChI=1S/C58H38N4S/c59-54(53-51-17-9-10-18-52(51)63-55(53)50-36-27-40-15-7-8-16-49(40)37-50)45-28-19-43(20-29-45)44-25-34-48(35-26-44)58-61-56(46-30-21-41(22-31-46)38-11-3-1-4-12-38)60-57(62-58)47-32-23-42(24-33-47)39-13-5-2-6-14-39/h1-37,59H. The molecule has 0 aliphatic carbocycles. The second-order valence-electron chi connectivity index (χ2n) is 15.6. The molecule has 0 saturated heterocycles. The first-order valence-electron chi connectivity index (χ1n) is 21.0. The SMILES string of the molecule is N=C(c1ccc(-c2ccc(-c3nc(-c4ccc(-c5ccccc5)cc4)nc(-c4ccc(-c5ccccc5)cc4)n3)cc2)cc1)c1c(-c2ccc3ccccc3c2)sc2ccccc12. The van der Waals surface area contributed by atoms with Gasteiger partial charge in [0.2, 0.25) is 0 Å². The third-order valence-corrected chi connectivity index (χ3v) is 12.9. The van der Waals surface area contributed by atoms with Crippen LogP contribution in [0.3, 0.4) is 0 Å². The third-order valence-electron chi connectivity index (χ3n) is 11.6. The van der Waals surface area contributed by atoms with Crippen molar-refractivity contribution in [3.8, 4) is 78.0 Å². The lowest BCUT2D eigenvalue weighted by Crippen LogP contribution is -2.02. The molecule has 0 bridgehead atoms. The summed E-state index contributed by atoms with van der Waals surface area (Å²) in [4.78, 5) is 16.2. The molecule has 0 aliphatic rings. The van der Waals surface area contributed by atoms with Crippen LogP contribution in [0.5, 0.6) is 0 Å². The molecule has 296 valence electrons. The highest BCUT2D eigenvalue weighted by molar-refractivity contribution is 7.22. The van der Waals surface area contributed by atoms with Crippen LogP contribution in [0.15, 0.2) is 224 Å². The first-order chi connectivity index (χ1) is 31.1. The van der Waals surface area contributed by atoms with Gasteiger partial charge in [0.15, 0.2) is 17.5 Å². The fourth-order valence-electron chi connectivity index (χ4n) is 8.26.